The Morgan fingerprint density at radius 1 is 1.19 bits per heavy atom. The fraction of sp³-hybridized carbons (Fsp3) is 0.267. The van der Waals surface area contributed by atoms with Crippen LogP contribution < -0.4 is 5.73 Å². The van der Waals surface area contributed by atoms with Crippen LogP contribution in [-0.4, -0.2) is 15.1 Å². The molecule has 0 aliphatic heterocycles. The Hall–Kier alpha value is -2.21. The van der Waals surface area contributed by atoms with Gasteiger partial charge >= 0.3 is 0 Å². The number of hydrogen-bond donors (Lipinski definition) is 1. The van der Waals surface area contributed by atoms with Gasteiger partial charge in [-0.1, -0.05) is 23.4 Å². The molecule has 5 nitrogen and oxygen atoms in total. The summed E-state index contributed by atoms with van der Waals surface area (Å²) < 4.78 is 5.28. The maximum Gasteiger partial charge on any atom is 0.226 e. The molecule has 108 valence electrons. The smallest absolute Gasteiger partial charge is 0.226 e. The second-order valence-electron chi connectivity index (χ2n) is 4.86. The van der Waals surface area contributed by atoms with Crippen LogP contribution in [0.25, 0.3) is 0 Å². The predicted octanol–water partition coefficient (Wildman–Crippen LogP) is 2.79. The van der Waals surface area contributed by atoms with Gasteiger partial charge in [0.1, 0.15) is 5.01 Å². The Labute approximate surface area is 126 Å². The second-order valence-corrected chi connectivity index (χ2v) is 5.81. The Morgan fingerprint density at radius 3 is 2.81 bits per heavy atom. The van der Waals surface area contributed by atoms with Gasteiger partial charge in [-0.15, -0.1) is 11.3 Å². The van der Waals surface area contributed by atoms with Gasteiger partial charge in [-0.2, -0.15) is 4.98 Å². The summed E-state index contributed by atoms with van der Waals surface area (Å²) in [6.45, 7) is 1.98. The maximum atomic E-state index is 5.92. The Morgan fingerprint density at radius 2 is 2.05 bits per heavy atom. The van der Waals surface area contributed by atoms with Gasteiger partial charge in [0.05, 0.1) is 6.42 Å². The standard InChI is InChI=1S/C15H16N4OS/c1-10-9-21-15(17-10)8-13-18-14(20-19-13)7-6-11-4-2-3-5-12(11)16/h2-5,9H,6-8,16H2,1H3. The molecule has 0 unspecified atom stereocenters. The molecule has 2 heterocycles. The number of nitrogens with two attached hydrogens (primary N) is 1. The zero-order valence-corrected chi connectivity index (χ0v) is 12.6. The number of aryl methyl sites for hydroxylation is 3. The zero-order valence-electron chi connectivity index (χ0n) is 11.7. The van der Waals surface area contributed by atoms with Crippen LogP contribution in [0.4, 0.5) is 5.69 Å². The number of anilines is 1. The third kappa shape index (κ3) is 3.46. The first-order valence-electron chi connectivity index (χ1n) is 6.76. The number of nitrogens with zero attached hydrogens (tertiary/aromatic N) is 3. The summed E-state index contributed by atoms with van der Waals surface area (Å²) in [4.78, 5) is 8.81. The number of hydrogen-bond acceptors (Lipinski definition) is 6. The molecule has 0 bridgehead atoms. The van der Waals surface area contributed by atoms with Crippen molar-refractivity contribution in [2.75, 3.05) is 5.73 Å². The molecule has 2 aromatic heterocycles. The lowest BCUT2D eigenvalue weighted by molar-refractivity contribution is 0.374. The predicted molar refractivity (Wildman–Crippen MR) is 82.2 cm³/mol. The van der Waals surface area contributed by atoms with Crippen LogP contribution in [0.2, 0.25) is 0 Å². The molecule has 0 aliphatic carbocycles. The summed E-state index contributed by atoms with van der Waals surface area (Å²) in [5, 5.41) is 7.03. The molecule has 0 amide bonds. The van der Waals surface area contributed by atoms with Crippen LogP contribution in [0, 0.1) is 6.92 Å². The van der Waals surface area contributed by atoms with E-state index in [4.69, 9.17) is 10.3 Å². The number of nitrogen functional groups attached to an aromatic ring is 1. The molecule has 0 saturated heterocycles. The van der Waals surface area contributed by atoms with Gasteiger partial charge in [-0.25, -0.2) is 4.98 Å². The molecular weight excluding hydrogens is 284 g/mol. The van der Waals surface area contributed by atoms with Crippen molar-refractivity contribution in [2.45, 2.75) is 26.2 Å². The minimum absolute atomic E-state index is 0.621. The monoisotopic (exact) mass is 300 g/mol. The number of para-hydroxylation sites is 1. The highest BCUT2D eigenvalue weighted by Gasteiger charge is 2.10. The maximum absolute atomic E-state index is 5.92. The summed E-state index contributed by atoms with van der Waals surface area (Å²) in [6.07, 6.45) is 2.11. The van der Waals surface area contributed by atoms with E-state index in [9.17, 15) is 0 Å². The average molecular weight is 300 g/mol. The van der Waals surface area contributed by atoms with Gasteiger partial charge < -0.3 is 10.3 Å². The van der Waals surface area contributed by atoms with Crippen molar-refractivity contribution in [1.82, 2.24) is 15.1 Å². The summed E-state index contributed by atoms with van der Waals surface area (Å²) in [7, 11) is 0. The van der Waals surface area contributed by atoms with Gasteiger partial charge in [-0.05, 0) is 25.0 Å². The Balaban J connectivity index is 1.61. The number of rotatable bonds is 5. The van der Waals surface area contributed by atoms with Crippen LogP contribution in [0.5, 0.6) is 0 Å². The summed E-state index contributed by atoms with van der Waals surface area (Å²) in [5.74, 6) is 1.32. The largest absolute Gasteiger partial charge is 0.399 e. The van der Waals surface area contributed by atoms with E-state index in [2.05, 4.69) is 15.1 Å². The van der Waals surface area contributed by atoms with Crippen molar-refractivity contribution < 1.29 is 4.52 Å². The van der Waals surface area contributed by atoms with Crippen LogP contribution in [0.3, 0.4) is 0 Å². The van der Waals surface area contributed by atoms with Crippen molar-refractivity contribution in [3.63, 3.8) is 0 Å². The Bertz CT molecular complexity index is 735. The first-order chi connectivity index (χ1) is 10.2. The summed E-state index contributed by atoms with van der Waals surface area (Å²) in [5.41, 5.74) is 8.85. The molecule has 0 spiro atoms. The molecule has 0 radical (unpaired) electrons. The van der Waals surface area contributed by atoms with Crippen molar-refractivity contribution >= 4 is 17.0 Å². The van der Waals surface area contributed by atoms with Crippen molar-refractivity contribution in [3.8, 4) is 0 Å². The molecule has 6 heteroatoms. The number of benzene rings is 1. The third-order valence-electron chi connectivity index (χ3n) is 3.15. The molecule has 3 rings (SSSR count). The van der Waals surface area contributed by atoms with E-state index < -0.39 is 0 Å². The normalized spacial score (nSPS) is 10.9. The molecule has 2 N–H and O–H groups in total. The van der Waals surface area contributed by atoms with Crippen LogP contribution in [0.15, 0.2) is 34.2 Å². The first kappa shape index (κ1) is 13.8. The van der Waals surface area contributed by atoms with E-state index in [0.29, 0.717) is 24.6 Å². The quantitative estimate of drug-likeness (QED) is 0.733. The SMILES string of the molecule is Cc1csc(Cc2noc(CCc3ccccc3N)n2)n1. The fourth-order valence-electron chi connectivity index (χ4n) is 2.09. The lowest BCUT2D eigenvalue weighted by atomic mass is 10.1. The van der Waals surface area contributed by atoms with E-state index in [1.54, 1.807) is 11.3 Å². The van der Waals surface area contributed by atoms with Crippen molar-refractivity contribution in [2.24, 2.45) is 0 Å². The molecule has 3 aromatic rings. The molecule has 21 heavy (non-hydrogen) atoms. The summed E-state index contributed by atoms with van der Waals surface area (Å²) >= 11 is 1.62. The molecule has 0 fully saturated rings. The molecule has 1 aromatic carbocycles. The van der Waals surface area contributed by atoms with Gasteiger partial charge in [0.2, 0.25) is 5.89 Å². The zero-order chi connectivity index (χ0) is 14.7. The van der Waals surface area contributed by atoms with Crippen molar-refractivity contribution in [3.05, 3.63) is 57.6 Å². The van der Waals surface area contributed by atoms with Crippen LogP contribution >= 0.6 is 11.3 Å². The average Bonchev–Trinajstić information content (AvgIpc) is 3.08. The molecule has 0 saturated carbocycles. The minimum Gasteiger partial charge on any atom is -0.399 e. The van der Waals surface area contributed by atoms with Crippen LogP contribution in [-0.2, 0) is 19.3 Å². The molecule has 0 atom stereocenters. The van der Waals surface area contributed by atoms with Gasteiger partial charge in [0.25, 0.3) is 0 Å². The van der Waals surface area contributed by atoms with E-state index in [-0.39, 0.29) is 0 Å². The molecular formula is C15H16N4OS. The van der Waals surface area contributed by atoms with E-state index in [1.807, 2.05) is 36.6 Å². The lowest BCUT2D eigenvalue weighted by Gasteiger charge is -2.02. The van der Waals surface area contributed by atoms with E-state index >= 15 is 0 Å². The summed E-state index contributed by atoms with van der Waals surface area (Å²) in [6, 6.07) is 7.83. The highest BCUT2D eigenvalue weighted by molar-refractivity contribution is 7.09. The highest BCUT2D eigenvalue weighted by Crippen LogP contribution is 2.15. The first-order valence-corrected chi connectivity index (χ1v) is 7.64. The van der Waals surface area contributed by atoms with Crippen LogP contribution in [0.1, 0.15) is 28.0 Å². The van der Waals surface area contributed by atoms with Crippen molar-refractivity contribution in [1.29, 1.82) is 0 Å². The Kier molecular flexibility index (Phi) is 3.96. The number of thiazole rings is 1. The third-order valence-corrected chi connectivity index (χ3v) is 4.12. The van der Waals surface area contributed by atoms with Gasteiger partial charge in [0, 0.05) is 23.2 Å². The van der Waals surface area contributed by atoms with Gasteiger partial charge in [0.15, 0.2) is 5.82 Å². The second kappa shape index (κ2) is 6.05. The topological polar surface area (TPSA) is 77.8 Å². The number of aromatic nitrogens is 3. The fourth-order valence-corrected chi connectivity index (χ4v) is 2.85. The lowest BCUT2D eigenvalue weighted by Crippen LogP contribution is -1.97. The van der Waals surface area contributed by atoms with Gasteiger partial charge in [-0.3, -0.25) is 0 Å². The van der Waals surface area contributed by atoms with E-state index in [0.717, 1.165) is 28.4 Å². The minimum atomic E-state index is 0.621. The highest BCUT2D eigenvalue weighted by atomic mass is 32.1. The van der Waals surface area contributed by atoms with E-state index in [1.165, 1.54) is 0 Å². The molecule has 0 aliphatic rings.